The molecule has 1 saturated heterocycles. The minimum atomic E-state index is -0.394. The van der Waals surface area contributed by atoms with Gasteiger partial charge in [-0.2, -0.15) is 0 Å². The number of fused-ring (bicyclic) bond motifs is 1. The third-order valence-electron chi connectivity index (χ3n) is 5.08. The van der Waals surface area contributed by atoms with Gasteiger partial charge in [-0.3, -0.25) is 4.79 Å². The number of rotatable bonds is 6. The molecule has 0 radical (unpaired) electrons. The van der Waals surface area contributed by atoms with Crippen LogP contribution in [0.5, 0.6) is 0 Å². The Morgan fingerprint density at radius 2 is 2.00 bits per heavy atom. The van der Waals surface area contributed by atoms with Gasteiger partial charge in [0.25, 0.3) is 5.91 Å². The molecule has 0 bridgehead atoms. The molecule has 7 nitrogen and oxygen atoms in total. The van der Waals surface area contributed by atoms with Gasteiger partial charge in [-0.15, -0.1) is 0 Å². The largest absolute Gasteiger partial charge is 0.462 e. The summed E-state index contributed by atoms with van der Waals surface area (Å²) in [5.41, 5.74) is 2.09. The van der Waals surface area contributed by atoms with Gasteiger partial charge in [-0.25, -0.2) is 9.79 Å². The molecule has 1 N–H and O–H groups in total. The van der Waals surface area contributed by atoms with Crippen LogP contribution in [0.4, 0.5) is 5.69 Å². The molecule has 2 aromatic carbocycles. The average molecular weight is 499 g/mol. The number of halogens is 1. The quantitative estimate of drug-likeness (QED) is 0.504. The molecule has 3 aromatic rings. The second-order valence-corrected chi connectivity index (χ2v) is 8.29. The second kappa shape index (κ2) is 10.1. The van der Waals surface area contributed by atoms with E-state index in [4.69, 9.17) is 13.9 Å². The summed E-state index contributed by atoms with van der Waals surface area (Å²) >= 11 is 3.45. The molecule has 0 unspecified atom stereocenters. The topological polar surface area (TPSA) is 90.1 Å². The molecule has 1 aliphatic rings. The number of esters is 1. The van der Waals surface area contributed by atoms with E-state index in [2.05, 4.69) is 26.2 Å². The number of ether oxygens (including phenoxy) is 2. The van der Waals surface area contributed by atoms with Crippen molar-refractivity contribution in [2.45, 2.75) is 25.9 Å². The minimum absolute atomic E-state index is 0.0290. The number of nitrogens with one attached hydrogen (secondary N) is 1. The molecule has 1 aliphatic heterocycles. The third-order valence-corrected chi connectivity index (χ3v) is 5.57. The Labute approximate surface area is 193 Å². The molecule has 2 heterocycles. The summed E-state index contributed by atoms with van der Waals surface area (Å²) in [4.78, 5) is 29.4. The summed E-state index contributed by atoms with van der Waals surface area (Å²) in [7, 11) is 0. The van der Waals surface area contributed by atoms with E-state index >= 15 is 0 Å². The normalized spacial score (nSPS) is 16.3. The predicted molar refractivity (Wildman–Crippen MR) is 123 cm³/mol. The number of nitrogens with zero attached hydrogens (tertiary/aromatic N) is 1. The number of carbonyl (C=O) groups is 2. The molecule has 4 rings (SSSR count). The van der Waals surface area contributed by atoms with Crippen molar-refractivity contribution in [3.8, 4) is 0 Å². The second-order valence-electron chi connectivity index (χ2n) is 7.37. The third kappa shape index (κ3) is 5.26. The standard InChI is InChI=1S/C24H23BrN2O5/c1-2-30-24(29)15-5-8-18(9-6-15)27-23-20(22(28)26-14-19-4-3-11-31-19)13-16-12-17(25)7-10-21(16)32-23/h5-10,12-13,19H,2-4,11,14H2,1H3,(H,26,28)/t19-/m0/s1. The van der Waals surface area contributed by atoms with Gasteiger partial charge in [0.2, 0.25) is 5.55 Å². The van der Waals surface area contributed by atoms with Crippen molar-refractivity contribution in [3.63, 3.8) is 0 Å². The minimum Gasteiger partial charge on any atom is -0.462 e. The molecule has 0 aliphatic carbocycles. The van der Waals surface area contributed by atoms with E-state index in [1.54, 1.807) is 37.3 Å². The lowest BCUT2D eigenvalue weighted by atomic mass is 10.1. The SMILES string of the molecule is CCOC(=O)c1ccc(N=c2oc3ccc(Br)cc3cc2C(=O)NC[C@@H]2CCCO2)cc1. The van der Waals surface area contributed by atoms with Crippen LogP contribution < -0.4 is 10.9 Å². The molecule has 0 spiro atoms. The van der Waals surface area contributed by atoms with Crippen LogP contribution in [0.3, 0.4) is 0 Å². The van der Waals surface area contributed by atoms with Crippen molar-refractivity contribution in [3.05, 3.63) is 69.7 Å². The lowest BCUT2D eigenvalue weighted by Crippen LogP contribution is -2.34. The number of hydrogen-bond donors (Lipinski definition) is 1. The zero-order valence-electron chi connectivity index (χ0n) is 17.6. The van der Waals surface area contributed by atoms with Crippen LogP contribution in [-0.4, -0.2) is 37.7 Å². The van der Waals surface area contributed by atoms with Crippen molar-refractivity contribution in [1.82, 2.24) is 5.32 Å². The van der Waals surface area contributed by atoms with Crippen LogP contribution >= 0.6 is 15.9 Å². The zero-order chi connectivity index (χ0) is 22.5. The van der Waals surface area contributed by atoms with Crippen LogP contribution in [0.15, 0.2) is 62.4 Å². The number of hydrogen-bond acceptors (Lipinski definition) is 6. The Bertz CT molecular complexity index is 1200. The van der Waals surface area contributed by atoms with Gasteiger partial charge < -0.3 is 19.2 Å². The molecule has 0 saturated carbocycles. The van der Waals surface area contributed by atoms with Crippen molar-refractivity contribution in [2.75, 3.05) is 19.8 Å². The zero-order valence-corrected chi connectivity index (χ0v) is 19.2. The lowest BCUT2D eigenvalue weighted by molar-refractivity contribution is 0.0526. The molecule has 32 heavy (non-hydrogen) atoms. The van der Waals surface area contributed by atoms with Gasteiger partial charge in [0.15, 0.2) is 0 Å². The molecule has 166 valence electrons. The first-order valence-corrected chi connectivity index (χ1v) is 11.3. The fourth-order valence-electron chi connectivity index (χ4n) is 3.46. The van der Waals surface area contributed by atoms with E-state index in [1.165, 1.54) is 0 Å². The first-order chi connectivity index (χ1) is 15.5. The van der Waals surface area contributed by atoms with E-state index in [1.807, 2.05) is 18.2 Å². The van der Waals surface area contributed by atoms with Crippen molar-refractivity contribution >= 4 is 44.5 Å². The van der Waals surface area contributed by atoms with Gasteiger partial charge in [0.1, 0.15) is 11.1 Å². The number of amides is 1. The van der Waals surface area contributed by atoms with Gasteiger partial charge in [-0.1, -0.05) is 15.9 Å². The Kier molecular flexibility index (Phi) is 7.02. The van der Waals surface area contributed by atoms with Crippen molar-refractivity contribution in [1.29, 1.82) is 0 Å². The van der Waals surface area contributed by atoms with Gasteiger partial charge >= 0.3 is 5.97 Å². The number of carbonyl (C=O) groups excluding carboxylic acids is 2. The highest BCUT2D eigenvalue weighted by Crippen LogP contribution is 2.20. The average Bonchev–Trinajstić information content (AvgIpc) is 3.31. The summed E-state index contributed by atoms with van der Waals surface area (Å²) in [5.74, 6) is -0.678. The summed E-state index contributed by atoms with van der Waals surface area (Å²) in [6.07, 6.45) is 1.96. The molecule has 1 atom stereocenters. The highest BCUT2D eigenvalue weighted by atomic mass is 79.9. The van der Waals surface area contributed by atoms with Gasteiger partial charge in [-0.05, 0) is 68.3 Å². The maximum Gasteiger partial charge on any atom is 0.338 e. The smallest absolute Gasteiger partial charge is 0.338 e. The molecule has 1 aromatic heterocycles. The van der Waals surface area contributed by atoms with E-state index in [-0.39, 0.29) is 17.6 Å². The first kappa shape index (κ1) is 22.2. The van der Waals surface area contributed by atoms with E-state index in [0.717, 1.165) is 29.3 Å². The summed E-state index contributed by atoms with van der Waals surface area (Å²) in [6, 6.07) is 14.0. The Balaban J connectivity index is 1.69. The van der Waals surface area contributed by atoms with Crippen LogP contribution in [0, 0.1) is 0 Å². The van der Waals surface area contributed by atoms with E-state index in [0.29, 0.717) is 35.5 Å². The van der Waals surface area contributed by atoms with E-state index < -0.39 is 5.97 Å². The highest BCUT2D eigenvalue weighted by molar-refractivity contribution is 9.10. The van der Waals surface area contributed by atoms with Crippen LogP contribution in [0.1, 0.15) is 40.5 Å². The molecule has 8 heteroatoms. The van der Waals surface area contributed by atoms with Crippen LogP contribution in [0.2, 0.25) is 0 Å². The lowest BCUT2D eigenvalue weighted by Gasteiger charge is -2.11. The maximum atomic E-state index is 13.0. The van der Waals surface area contributed by atoms with E-state index in [9.17, 15) is 9.59 Å². The molecule has 1 fully saturated rings. The molecular formula is C24H23BrN2O5. The molecule has 1 amide bonds. The summed E-state index contributed by atoms with van der Waals surface area (Å²) in [6.45, 7) is 3.22. The first-order valence-electron chi connectivity index (χ1n) is 10.5. The van der Waals surface area contributed by atoms with Crippen LogP contribution in [-0.2, 0) is 9.47 Å². The fraction of sp³-hybridized carbons (Fsp3) is 0.292. The van der Waals surface area contributed by atoms with Gasteiger partial charge in [0, 0.05) is 23.0 Å². The monoisotopic (exact) mass is 498 g/mol. The predicted octanol–water partition coefficient (Wildman–Crippen LogP) is 4.51. The fourth-order valence-corrected chi connectivity index (χ4v) is 3.84. The molecular weight excluding hydrogens is 476 g/mol. The van der Waals surface area contributed by atoms with Crippen molar-refractivity contribution in [2.24, 2.45) is 4.99 Å². The summed E-state index contributed by atoms with van der Waals surface area (Å²) in [5, 5.41) is 3.70. The highest BCUT2D eigenvalue weighted by Gasteiger charge is 2.18. The maximum absolute atomic E-state index is 13.0. The number of benzene rings is 2. The Morgan fingerprint density at radius 1 is 1.19 bits per heavy atom. The summed E-state index contributed by atoms with van der Waals surface area (Å²) < 4.78 is 17.5. The van der Waals surface area contributed by atoms with Crippen molar-refractivity contribution < 1.29 is 23.5 Å². The van der Waals surface area contributed by atoms with Gasteiger partial charge in [0.05, 0.1) is 24.0 Å². The Hall–Kier alpha value is -2.97. The van der Waals surface area contributed by atoms with Crippen LogP contribution in [0.25, 0.3) is 11.0 Å². The Morgan fingerprint density at radius 3 is 2.72 bits per heavy atom.